The van der Waals surface area contributed by atoms with E-state index in [0.29, 0.717) is 5.39 Å². The molecule has 1 aromatic heterocycles. The van der Waals surface area contributed by atoms with E-state index in [4.69, 9.17) is 4.74 Å². The Hall–Kier alpha value is -3.03. The van der Waals surface area contributed by atoms with E-state index in [0.717, 1.165) is 13.2 Å². The van der Waals surface area contributed by atoms with Crippen molar-refractivity contribution < 1.29 is 24.0 Å². The summed E-state index contributed by atoms with van der Waals surface area (Å²) >= 11 is 0. The van der Waals surface area contributed by atoms with Gasteiger partial charge >= 0.3 is 11.8 Å². The van der Waals surface area contributed by atoms with E-state index in [1.54, 1.807) is 12.1 Å². The highest BCUT2D eigenvalue weighted by Crippen LogP contribution is 2.37. The van der Waals surface area contributed by atoms with Gasteiger partial charge in [0.2, 0.25) is 5.75 Å². The van der Waals surface area contributed by atoms with Crippen molar-refractivity contribution in [2.45, 2.75) is 6.92 Å². The molecular formula is C13H10N2O6. The molecule has 21 heavy (non-hydrogen) atoms. The highest BCUT2D eigenvalue weighted by atomic mass is 16.7. The molecule has 2 aromatic rings. The average molecular weight is 290 g/mol. The second kappa shape index (κ2) is 5.53. The molecule has 0 aliphatic carbocycles. The van der Waals surface area contributed by atoms with Crippen molar-refractivity contribution >= 4 is 28.5 Å². The van der Waals surface area contributed by atoms with Gasteiger partial charge in [-0.05, 0) is 13.0 Å². The number of hydrogen-bond acceptors (Lipinski definition) is 7. The van der Waals surface area contributed by atoms with Crippen molar-refractivity contribution in [1.82, 2.24) is 4.98 Å². The number of aromatic nitrogens is 1. The molecule has 0 spiro atoms. The number of nitro benzene ring substituents is 1. The second-order valence-electron chi connectivity index (χ2n) is 4.04. The van der Waals surface area contributed by atoms with Crippen LogP contribution in [0.15, 0.2) is 24.4 Å². The van der Waals surface area contributed by atoms with Gasteiger partial charge in [-0.1, -0.05) is 6.07 Å². The fraction of sp³-hybridized carbons (Fsp3) is 0.154. The number of nitro groups is 1. The Morgan fingerprint density at radius 2 is 2.10 bits per heavy atom. The van der Waals surface area contributed by atoms with Crippen LogP contribution in [0.4, 0.5) is 10.5 Å². The normalized spacial score (nSPS) is 10.2. The third-order valence-electron chi connectivity index (χ3n) is 2.75. The summed E-state index contributed by atoms with van der Waals surface area (Å²) in [6.07, 6.45) is 0.265. The third kappa shape index (κ3) is 2.64. The van der Waals surface area contributed by atoms with Crippen LogP contribution in [-0.4, -0.2) is 29.0 Å². The van der Waals surface area contributed by atoms with Crippen molar-refractivity contribution in [2.24, 2.45) is 0 Å². The minimum atomic E-state index is -1.11. The van der Waals surface area contributed by atoms with E-state index in [1.807, 2.05) is 0 Å². The lowest BCUT2D eigenvalue weighted by Crippen LogP contribution is -2.10. The van der Waals surface area contributed by atoms with Gasteiger partial charge in [0.25, 0.3) is 0 Å². The maximum Gasteiger partial charge on any atom is 0.513 e. The van der Waals surface area contributed by atoms with E-state index in [-0.39, 0.29) is 22.6 Å². The molecule has 8 heteroatoms. The summed E-state index contributed by atoms with van der Waals surface area (Å²) in [5.74, 6) is -0.715. The summed E-state index contributed by atoms with van der Waals surface area (Å²) in [4.78, 5) is 37.3. The maximum atomic E-state index is 11.6. The monoisotopic (exact) mass is 290 g/mol. The zero-order chi connectivity index (χ0) is 15.6. The Kier molecular flexibility index (Phi) is 3.79. The number of benzene rings is 1. The molecule has 0 saturated heterocycles. The zero-order valence-corrected chi connectivity index (χ0v) is 11.2. The van der Waals surface area contributed by atoms with Gasteiger partial charge in [-0.15, -0.1) is 0 Å². The van der Waals surface area contributed by atoms with Gasteiger partial charge in [0.05, 0.1) is 12.0 Å². The number of nitrogens with zero attached hydrogens (tertiary/aromatic N) is 2. The van der Waals surface area contributed by atoms with Gasteiger partial charge in [0, 0.05) is 23.2 Å². The Bertz CT molecular complexity index is 756. The van der Waals surface area contributed by atoms with Gasteiger partial charge in [-0.3, -0.25) is 19.9 Å². The number of carbonyl (C=O) groups excluding carboxylic acids is 2. The molecule has 0 aliphatic heterocycles. The lowest BCUT2D eigenvalue weighted by Gasteiger charge is -2.09. The lowest BCUT2D eigenvalue weighted by molar-refractivity contribution is -0.385. The molecule has 0 saturated carbocycles. The van der Waals surface area contributed by atoms with Crippen molar-refractivity contribution in [1.29, 1.82) is 0 Å². The number of Topliss-reactive ketones (excluding diaryl/α,β-unsaturated/α-hetero) is 1. The predicted octanol–water partition coefficient (Wildman–Crippen LogP) is 2.49. The fourth-order valence-electron chi connectivity index (χ4n) is 1.86. The standard InChI is InChI=1S/C13H10N2O6/c1-7(16)9-6-10(15(18)19)12(21-13(17)20-2)11-8(9)4-3-5-14-11/h3-6H,1-2H3. The molecule has 0 amide bonds. The summed E-state index contributed by atoms with van der Waals surface area (Å²) < 4.78 is 9.16. The summed E-state index contributed by atoms with van der Waals surface area (Å²) in [5, 5.41) is 11.5. The first kappa shape index (κ1) is 14.4. The van der Waals surface area contributed by atoms with Crippen molar-refractivity contribution in [3.8, 4) is 5.75 Å². The summed E-state index contributed by atoms with van der Waals surface area (Å²) in [6.45, 7) is 1.28. The molecule has 0 unspecified atom stereocenters. The van der Waals surface area contributed by atoms with E-state index < -0.39 is 16.8 Å². The minimum absolute atomic E-state index is 0.0438. The molecule has 1 heterocycles. The maximum absolute atomic E-state index is 11.6. The van der Waals surface area contributed by atoms with E-state index in [9.17, 15) is 19.7 Å². The molecule has 108 valence electrons. The zero-order valence-electron chi connectivity index (χ0n) is 11.2. The Morgan fingerprint density at radius 1 is 1.38 bits per heavy atom. The molecule has 0 atom stereocenters. The number of rotatable bonds is 3. The number of carbonyl (C=O) groups is 2. The number of methoxy groups -OCH3 is 1. The van der Waals surface area contributed by atoms with Crippen LogP contribution in [0.25, 0.3) is 10.9 Å². The number of fused-ring (bicyclic) bond motifs is 1. The molecule has 0 bridgehead atoms. The topological polar surface area (TPSA) is 109 Å². The van der Waals surface area contributed by atoms with Crippen molar-refractivity contribution in [3.63, 3.8) is 0 Å². The molecule has 8 nitrogen and oxygen atoms in total. The third-order valence-corrected chi connectivity index (χ3v) is 2.75. The summed E-state index contributed by atoms with van der Waals surface area (Å²) in [6, 6.07) is 4.19. The van der Waals surface area contributed by atoms with E-state index >= 15 is 0 Å². The van der Waals surface area contributed by atoms with Crippen molar-refractivity contribution in [2.75, 3.05) is 7.11 Å². The van der Waals surface area contributed by atoms with Gasteiger partial charge in [0.15, 0.2) is 5.78 Å². The largest absolute Gasteiger partial charge is 0.513 e. The van der Waals surface area contributed by atoms with Crippen LogP contribution in [0.3, 0.4) is 0 Å². The van der Waals surface area contributed by atoms with Crippen LogP contribution in [0.5, 0.6) is 5.75 Å². The first-order valence-corrected chi connectivity index (χ1v) is 5.78. The first-order chi connectivity index (χ1) is 9.95. The molecule has 0 N–H and O–H groups in total. The van der Waals surface area contributed by atoms with Crippen LogP contribution in [0.1, 0.15) is 17.3 Å². The number of hydrogen-bond donors (Lipinski definition) is 0. The quantitative estimate of drug-likeness (QED) is 0.281. The smallest absolute Gasteiger partial charge is 0.437 e. The van der Waals surface area contributed by atoms with Crippen molar-refractivity contribution in [3.05, 3.63) is 40.1 Å². The van der Waals surface area contributed by atoms with E-state index in [2.05, 4.69) is 9.72 Å². The molecular weight excluding hydrogens is 280 g/mol. The van der Waals surface area contributed by atoms with Crippen LogP contribution >= 0.6 is 0 Å². The molecule has 1 aromatic carbocycles. The number of ketones is 1. The highest BCUT2D eigenvalue weighted by Gasteiger charge is 2.26. The minimum Gasteiger partial charge on any atom is -0.437 e. The first-order valence-electron chi connectivity index (χ1n) is 5.78. The van der Waals surface area contributed by atoms with Crippen LogP contribution < -0.4 is 4.74 Å². The molecule has 0 fully saturated rings. The summed E-state index contributed by atoms with van der Waals surface area (Å²) in [7, 11) is 1.08. The molecule has 2 rings (SSSR count). The number of pyridine rings is 1. The Balaban J connectivity index is 2.83. The molecule has 0 radical (unpaired) electrons. The average Bonchev–Trinajstić information content (AvgIpc) is 2.46. The Labute approximate surface area is 118 Å². The van der Waals surface area contributed by atoms with Crippen LogP contribution in [0, 0.1) is 10.1 Å². The predicted molar refractivity (Wildman–Crippen MR) is 71.4 cm³/mol. The van der Waals surface area contributed by atoms with Gasteiger partial charge in [-0.2, -0.15) is 0 Å². The fourth-order valence-corrected chi connectivity index (χ4v) is 1.86. The SMILES string of the molecule is COC(=O)Oc1c([N+](=O)[O-])cc(C(C)=O)c2cccnc12. The summed E-state index contributed by atoms with van der Waals surface area (Å²) in [5.41, 5.74) is -0.360. The Morgan fingerprint density at radius 3 is 2.67 bits per heavy atom. The lowest BCUT2D eigenvalue weighted by atomic mass is 10.0. The van der Waals surface area contributed by atoms with Gasteiger partial charge < -0.3 is 9.47 Å². The van der Waals surface area contributed by atoms with Gasteiger partial charge in [-0.25, -0.2) is 4.79 Å². The van der Waals surface area contributed by atoms with E-state index in [1.165, 1.54) is 13.1 Å². The van der Waals surface area contributed by atoms with Crippen LogP contribution in [-0.2, 0) is 4.74 Å². The van der Waals surface area contributed by atoms with Gasteiger partial charge in [0.1, 0.15) is 5.52 Å². The second-order valence-corrected chi connectivity index (χ2v) is 4.04. The van der Waals surface area contributed by atoms with Crippen LogP contribution in [0.2, 0.25) is 0 Å². The number of ether oxygens (including phenoxy) is 2. The highest BCUT2D eigenvalue weighted by molar-refractivity contribution is 6.09. The molecule has 0 aliphatic rings.